The summed E-state index contributed by atoms with van der Waals surface area (Å²) >= 11 is 0. The van der Waals surface area contributed by atoms with Crippen LogP contribution in [0.3, 0.4) is 0 Å². The smallest absolute Gasteiger partial charge is 0.323 e. The molecule has 45 nitrogen and oxygen atoms in total. The van der Waals surface area contributed by atoms with Gasteiger partial charge in [-0.25, -0.2) is 45.5 Å². The van der Waals surface area contributed by atoms with Gasteiger partial charge < -0.3 is 107 Å². The third-order valence-electron chi connectivity index (χ3n) is 21.8. The molecule has 6 aromatic heterocycles. The predicted octanol–water partition coefficient (Wildman–Crippen LogP) is 15.0. The molecule has 9 rings (SSSR count). The fraction of sp³-hybridized carbons (Fsp3) is 0.779. The minimum Gasteiger partial charge on any atom is -0.465 e. The lowest BCUT2D eigenvalue weighted by atomic mass is 10.1. The summed E-state index contributed by atoms with van der Waals surface area (Å²) in [6.45, 7) is 36.8. The molecule has 0 spiro atoms. The van der Waals surface area contributed by atoms with E-state index in [1.54, 1.807) is 88.1 Å². The molecule has 0 amide bonds. The van der Waals surface area contributed by atoms with E-state index in [4.69, 9.17) is 77.0 Å². The average Bonchev–Trinajstić information content (AvgIpc) is 1.63. The second-order valence-corrected chi connectivity index (χ2v) is 43.8. The van der Waals surface area contributed by atoms with Crippen LogP contribution < -0.4 is 80.9 Å². The molecule has 3 saturated carbocycles. The van der Waals surface area contributed by atoms with Crippen LogP contribution in [0.15, 0.2) is 19.0 Å². The largest absolute Gasteiger partial charge is 0.465 e. The Labute approximate surface area is 884 Å². The number of hydrogen-bond acceptors (Lipinski definition) is 36. The molecule has 0 saturated heterocycles. The topological polar surface area (TPSA) is 632 Å². The van der Waals surface area contributed by atoms with Crippen molar-refractivity contribution in [3.05, 3.63) is 19.0 Å². The van der Waals surface area contributed by atoms with Crippen molar-refractivity contribution < 1.29 is 85.1 Å². The molecule has 7 atom stereocenters. The van der Waals surface area contributed by atoms with E-state index in [2.05, 4.69) is 126 Å². The summed E-state index contributed by atoms with van der Waals surface area (Å²) < 4.78 is 96.8. The number of imidazole rings is 3. The van der Waals surface area contributed by atoms with Crippen molar-refractivity contribution in [3.63, 3.8) is 0 Å². The number of fused-ring (bicyclic) bond motifs is 3. The molecular formula is C95H181Cl3N27O18P3. The monoisotopic (exact) mass is 2190 g/mol. The lowest BCUT2D eigenvalue weighted by molar-refractivity contribution is -0.146. The van der Waals surface area contributed by atoms with E-state index in [-0.39, 0.29) is 107 Å². The minimum absolute atomic E-state index is 0. The van der Waals surface area contributed by atoms with E-state index < -0.39 is 94.4 Å². The number of nitrogens with zero attached hydrogens (tertiary/aromatic N) is 12. The van der Waals surface area contributed by atoms with Crippen molar-refractivity contribution in [1.29, 1.82) is 0 Å². The zero-order valence-corrected chi connectivity index (χ0v) is 95.2. The van der Waals surface area contributed by atoms with Crippen LogP contribution in [0.25, 0.3) is 33.5 Å². The lowest BCUT2D eigenvalue weighted by Gasteiger charge is -2.28. The van der Waals surface area contributed by atoms with E-state index in [1.807, 2.05) is 34.6 Å². The maximum Gasteiger partial charge on any atom is 0.323 e. The number of halogens is 3. The molecule has 146 heavy (non-hydrogen) atoms. The highest BCUT2D eigenvalue weighted by Gasteiger charge is 2.38. The van der Waals surface area contributed by atoms with Gasteiger partial charge >= 0.3 is 35.8 Å². The van der Waals surface area contributed by atoms with Crippen LogP contribution in [0, 0.1) is 0 Å². The number of nitrogens with two attached hydrogens (primary N) is 6. The van der Waals surface area contributed by atoms with Crippen LogP contribution in [0.2, 0.25) is 0 Å². The Morgan fingerprint density at radius 2 is 0.562 bits per heavy atom. The molecule has 3 aliphatic rings. The first-order valence-electron chi connectivity index (χ1n) is 52.0. The van der Waals surface area contributed by atoms with Gasteiger partial charge in [-0.3, -0.25) is 42.5 Å². The summed E-state index contributed by atoms with van der Waals surface area (Å²) in [5.41, 5.74) is 36.9. The fourth-order valence-electron chi connectivity index (χ4n) is 13.4. The van der Waals surface area contributed by atoms with Crippen molar-refractivity contribution in [3.8, 4) is 0 Å². The Bertz CT molecular complexity index is 4670. The Kier molecular flexibility index (Phi) is 70.9. The van der Waals surface area contributed by atoms with Crippen molar-refractivity contribution in [2.75, 3.05) is 112 Å². The third-order valence-corrected chi connectivity index (χ3v) is 28.1. The maximum atomic E-state index is 14.1. The molecule has 840 valence electrons. The van der Waals surface area contributed by atoms with Crippen LogP contribution in [-0.2, 0) is 105 Å². The second-order valence-electron chi connectivity index (χ2n) is 37.0. The standard InChI is InChI=1S/C33H59N8O6P.C29H51N8O6P.C23H39N8O6P.C4H11N.2C3H9N.3ClH/c1-5-7-9-11-13-15-20-46-31(42)25(3)39-48(44,40-26(4)32(43)47-21-16-14-12-10-8-6-2)24-45-22-19-41-23-35-28-29(36-27-17-18-27)37-33(34)38-30(28)41;1-5-7-9-11-16-42-27(38)21(3)35-44(40,36-22(4)28(39)43-17-12-10-8-6-2)20-41-18-15-37-19-31-24-25(32-23-13-14-23)33-29(30)34-26(24)37;1-5-16(21(32)36-7-3)29-38(34,30-17(6-2)22(33)37-8-4)14-35-12-11-31-13-25-18-19(26-15-9-10-15)27-23(24)28-20(18)31;1-3-4(2)5;2*1-3(2)4;;;/h23,25-27H,5-22,24H2,1-4H3,(H2,39,40,44)(H3,34,36,37,38);19,21-23H,5-18,20H2,1-4H3,(H2,35,36,40)(H3,30,32,33,34);13,15-17H,5-12,14H2,1-4H3,(H2,29,30,34)(H3,24,26,27,28);4H,3,5H2,1-2H3;2*3H,4H2,1-2H3;3*1H/t25-,26-;21-,22-;16-,17-;4-;;;;;/m0001...../s1. The van der Waals surface area contributed by atoms with Gasteiger partial charge in [-0.15, -0.1) is 37.2 Å². The normalized spacial score (nSPS) is 14.2. The average molecular weight is 2190 g/mol. The van der Waals surface area contributed by atoms with Crippen LogP contribution in [0.5, 0.6) is 0 Å². The Hall–Kier alpha value is -7.65. The molecule has 21 N–H and O–H groups in total. The van der Waals surface area contributed by atoms with Gasteiger partial charge in [0.2, 0.25) is 40.2 Å². The second kappa shape index (κ2) is 76.0. The molecular weight excluding hydrogens is 2010 g/mol. The summed E-state index contributed by atoms with van der Waals surface area (Å²) in [5.74, 6) is -0.907. The van der Waals surface area contributed by atoms with Gasteiger partial charge in [0.15, 0.2) is 50.9 Å². The molecule has 3 aliphatic carbocycles. The third kappa shape index (κ3) is 56.5. The van der Waals surface area contributed by atoms with Gasteiger partial charge in [0.25, 0.3) is 0 Å². The zero-order valence-electron chi connectivity index (χ0n) is 90.0. The minimum atomic E-state index is -3.64. The summed E-state index contributed by atoms with van der Waals surface area (Å²) in [5, 5.41) is 27.2. The number of anilines is 6. The molecule has 0 radical (unpaired) electrons. The molecule has 0 aromatic carbocycles. The van der Waals surface area contributed by atoms with Crippen LogP contribution >= 0.6 is 59.6 Å². The number of ether oxygens (including phenoxy) is 9. The van der Waals surface area contributed by atoms with Crippen molar-refractivity contribution in [1.82, 2.24) is 89.1 Å². The summed E-state index contributed by atoms with van der Waals surface area (Å²) in [6.07, 6.45) is 32.9. The molecule has 51 heteroatoms. The number of unbranched alkanes of at least 4 members (excludes halogenated alkanes) is 16. The van der Waals surface area contributed by atoms with Crippen molar-refractivity contribution in [2.45, 2.75) is 403 Å². The SMILES string of the molecule is CC(C)N.CC(C)N.CCCCCCCCOC(=O)[C@H](C)NP(=O)(COCCn1cnc2c(NC3CC3)nc(N)nc21)N[C@@H](C)C(=O)OCCCCCCCC.CCCCCCOC(=O)[C@H](C)NP(=O)(COCCn1cnc2c(NC3CC3)nc(N)nc21)N[C@@H](C)C(=O)OCCCCCC.CCOC(=O)[C@H](CC)NP(=O)(COCCn1cnc2c(NC3CC3)nc(N)nc21)N[C@@H](CC)C(=O)OCC.CC[C@@H](C)N.Cl.Cl.Cl. The number of nitrogen functional groups attached to an aromatic ring is 3. The molecule has 6 aromatic rings. The van der Waals surface area contributed by atoms with Gasteiger partial charge in [-0.1, -0.05) is 179 Å². The number of carbonyl (C=O) groups is 6. The van der Waals surface area contributed by atoms with Gasteiger partial charge in [0, 0.05) is 43.8 Å². The van der Waals surface area contributed by atoms with Crippen LogP contribution in [-0.4, -0.2) is 245 Å². The molecule has 0 bridgehead atoms. The number of aromatic nitrogens is 12. The fourth-order valence-corrected chi connectivity index (χ4v) is 19.8. The number of esters is 6. The molecule has 3 fully saturated rings. The highest BCUT2D eigenvalue weighted by molar-refractivity contribution is 7.60. The summed E-state index contributed by atoms with van der Waals surface area (Å²) in [7, 11) is -10.9. The number of hydrogen-bond donors (Lipinski definition) is 15. The highest BCUT2D eigenvalue weighted by atomic mass is 35.5. The van der Waals surface area contributed by atoms with Gasteiger partial charge in [0.05, 0.1) is 78.4 Å². The van der Waals surface area contributed by atoms with E-state index in [1.165, 1.54) is 38.5 Å². The first-order chi connectivity index (χ1) is 68.3. The summed E-state index contributed by atoms with van der Waals surface area (Å²) in [4.78, 5) is 115. The number of nitrogens with one attached hydrogen (secondary N) is 9. The Balaban J connectivity index is 0.00000102. The first-order valence-corrected chi connectivity index (χ1v) is 57.6. The summed E-state index contributed by atoms with van der Waals surface area (Å²) in [6, 6.07) is -3.09. The van der Waals surface area contributed by atoms with Crippen LogP contribution in [0.1, 0.15) is 311 Å². The van der Waals surface area contributed by atoms with E-state index >= 15 is 0 Å². The predicted molar refractivity (Wildman–Crippen MR) is 586 cm³/mol. The van der Waals surface area contributed by atoms with E-state index in [0.29, 0.717) is 146 Å². The van der Waals surface area contributed by atoms with Gasteiger partial charge in [0.1, 0.15) is 55.3 Å². The van der Waals surface area contributed by atoms with E-state index in [9.17, 15) is 42.5 Å². The number of carbonyl (C=O) groups excluding carboxylic acids is 6. The molecule has 0 unspecified atom stereocenters. The molecule has 0 aliphatic heterocycles. The quantitative estimate of drug-likeness (QED) is 0.00730. The van der Waals surface area contributed by atoms with Crippen LogP contribution in [0.4, 0.5) is 35.3 Å². The zero-order chi connectivity index (χ0) is 106. The molecule has 6 heterocycles. The maximum absolute atomic E-state index is 14.1. The van der Waals surface area contributed by atoms with Gasteiger partial charge in [-0.05, 0) is 144 Å². The van der Waals surface area contributed by atoms with Gasteiger partial charge in [-0.2, -0.15) is 29.9 Å². The lowest BCUT2D eigenvalue weighted by Crippen LogP contribution is -2.44. The van der Waals surface area contributed by atoms with Crippen molar-refractivity contribution >= 4 is 164 Å². The first kappa shape index (κ1) is 136. The highest BCUT2D eigenvalue weighted by Crippen LogP contribution is 2.42. The Morgan fingerprint density at radius 1 is 0.336 bits per heavy atom. The van der Waals surface area contributed by atoms with E-state index in [0.717, 1.165) is 135 Å². The number of rotatable bonds is 68. The Morgan fingerprint density at radius 3 is 0.781 bits per heavy atom. The van der Waals surface area contributed by atoms with Crippen molar-refractivity contribution in [2.24, 2.45) is 17.2 Å².